The molecule has 140 valence electrons. The summed E-state index contributed by atoms with van der Waals surface area (Å²) >= 11 is 6.31. The van der Waals surface area contributed by atoms with Crippen LogP contribution >= 0.6 is 11.6 Å². The minimum atomic E-state index is -0.919. The van der Waals surface area contributed by atoms with Crippen molar-refractivity contribution in [2.24, 2.45) is 0 Å². The zero-order chi connectivity index (χ0) is 18.6. The number of H-pyrrole nitrogens is 1. The molecule has 2 aromatic heterocycles. The van der Waals surface area contributed by atoms with Crippen molar-refractivity contribution in [2.75, 3.05) is 13.1 Å². The number of benzene rings is 1. The number of nitrogens with one attached hydrogen (secondary N) is 1. The van der Waals surface area contributed by atoms with Crippen LogP contribution < -0.4 is 0 Å². The van der Waals surface area contributed by atoms with Gasteiger partial charge in [0.05, 0.1) is 5.60 Å². The molecule has 1 saturated heterocycles. The average Bonchev–Trinajstić information content (AvgIpc) is 3.26. The summed E-state index contributed by atoms with van der Waals surface area (Å²) in [5.74, 6) is 0.246. The summed E-state index contributed by atoms with van der Waals surface area (Å²) in [6, 6.07) is 10.4. The van der Waals surface area contributed by atoms with Gasteiger partial charge in [0.25, 0.3) is 0 Å². The highest BCUT2D eigenvalue weighted by Gasteiger charge is 2.41. The van der Waals surface area contributed by atoms with Crippen molar-refractivity contribution in [3.05, 3.63) is 64.6 Å². The molecular formula is C22H24ClN3O. The van der Waals surface area contributed by atoms with Crippen molar-refractivity contribution in [3.63, 3.8) is 0 Å². The van der Waals surface area contributed by atoms with Gasteiger partial charge in [-0.25, -0.2) is 0 Å². The third kappa shape index (κ3) is 2.87. The van der Waals surface area contributed by atoms with Gasteiger partial charge in [-0.1, -0.05) is 17.7 Å². The van der Waals surface area contributed by atoms with Crippen LogP contribution in [0.3, 0.4) is 0 Å². The molecule has 2 aliphatic heterocycles. The molecule has 0 saturated carbocycles. The first-order valence-electron chi connectivity index (χ1n) is 9.71. The van der Waals surface area contributed by atoms with E-state index >= 15 is 0 Å². The first-order chi connectivity index (χ1) is 13.0. The Bertz CT molecular complexity index is 982. The lowest BCUT2D eigenvalue weighted by molar-refractivity contribution is 0.0314. The molecule has 1 fully saturated rings. The fourth-order valence-electron chi connectivity index (χ4n) is 5.08. The molecule has 0 bridgehead atoms. The number of aromatic amines is 1. The summed E-state index contributed by atoms with van der Waals surface area (Å²) in [5.41, 5.74) is 3.76. The minimum absolute atomic E-state index is 0.246. The largest absolute Gasteiger partial charge is 0.385 e. The molecule has 4 heterocycles. The van der Waals surface area contributed by atoms with E-state index in [2.05, 4.69) is 27.0 Å². The number of rotatable bonds is 3. The van der Waals surface area contributed by atoms with Crippen LogP contribution in [0.2, 0.25) is 5.02 Å². The van der Waals surface area contributed by atoms with Crippen molar-refractivity contribution >= 4 is 22.5 Å². The molecule has 27 heavy (non-hydrogen) atoms. The molecule has 5 rings (SSSR count). The van der Waals surface area contributed by atoms with Gasteiger partial charge in [-0.05, 0) is 62.6 Å². The van der Waals surface area contributed by atoms with Crippen molar-refractivity contribution < 1.29 is 5.11 Å². The average molecular weight is 382 g/mol. The summed E-state index contributed by atoms with van der Waals surface area (Å²) in [7, 11) is 0. The van der Waals surface area contributed by atoms with Crippen molar-refractivity contribution in [1.29, 1.82) is 0 Å². The number of aromatic nitrogens is 2. The topological polar surface area (TPSA) is 52.1 Å². The standard InChI is InChI=1S/C22H24ClN3O/c1-22(27,15-4-2-8-24-12-15)11-14-13-26-9-3-5-19(26)20-17-10-16(23)6-7-18(17)25-21(14)20/h2,4,6-8,10,12,14,19,25,27H,3,5,9,11,13H2,1H3. The predicted octanol–water partition coefficient (Wildman–Crippen LogP) is 4.75. The van der Waals surface area contributed by atoms with Crippen molar-refractivity contribution in [2.45, 2.75) is 43.7 Å². The molecule has 3 unspecified atom stereocenters. The fourth-order valence-corrected chi connectivity index (χ4v) is 5.25. The van der Waals surface area contributed by atoms with Crippen LogP contribution in [0.4, 0.5) is 0 Å². The SMILES string of the molecule is CC(O)(CC1CN2CCCC2c2c1[nH]c1ccc(Cl)cc21)c1cccnc1. The number of fused-ring (bicyclic) bond motifs is 5. The Morgan fingerprint density at radius 3 is 3.07 bits per heavy atom. The third-order valence-electron chi connectivity index (χ3n) is 6.32. The van der Waals surface area contributed by atoms with E-state index in [1.54, 1.807) is 12.4 Å². The van der Waals surface area contributed by atoms with Gasteiger partial charge in [0.2, 0.25) is 0 Å². The van der Waals surface area contributed by atoms with Crippen molar-refractivity contribution in [1.82, 2.24) is 14.9 Å². The summed E-state index contributed by atoms with van der Waals surface area (Å²) in [6.45, 7) is 4.01. The van der Waals surface area contributed by atoms with Gasteiger partial charge in [0.15, 0.2) is 0 Å². The van der Waals surface area contributed by atoms with Gasteiger partial charge in [0, 0.05) is 58.1 Å². The second-order valence-corrected chi connectivity index (χ2v) is 8.65. The molecule has 4 nitrogen and oxygen atoms in total. The first-order valence-corrected chi connectivity index (χ1v) is 10.1. The monoisotopic (exact) mass is 381 g/mol. The Labute approximate surface area is 164 Å². The van der Waals surface area contributed by atoms with Crippen molar-refractivity contribution in [3.8, 4) is 0 Å². The smallest absolute Gasteiger partial charge is 0.0890 e. The Balaban J connectivity index is 1.59. The highest BCUT2D eigenvalue weighted by atomic mass is 35.5. The molecule has 3 atom stereocenters. The number of halogens is 1. The number of hydrogen-bond acceptors (Lipinski definition) is 3. The van der Waals surface area contributed by atoms with Gasteiger partial charge >= 0.3 is 0 Å². The van der Waals surface area contributed by atoms with Gasteiger partial charge in [-0.2, -0.15) is 0 Å². The van der Waals surface area contributed by atoms with Crippen LogP contribution in [-0.4, -0.2) is 33.1 Å². The Morgan fingerprint density at radius 2 is 2.26 bits per heavy atom. The van der Waals surface area contributed by atoms with Crippen LogP contribution in [0.5, 0.6) is 0 Å². The lowest BCUT2D eigenvalue weighted by Crippen LogP contribution is -2.37. The maximum absolute atomic E-state index is 11.2. The second-order valence-electron chi connectivity index (χ2n) is 8.21. The normalized spacial score (nSPS) is 24.6. The zero-order valence-corrected chi connectivity index (χ0v) is 16.2. The number of pyridine rings is 1. The summed E-state index contributed by atoms with van der Waals surface area (Å²) in [5, 5.41) is 13.2. The highest BCUT2D eigenvalue weighted by Crippen LogP contribution is 2.48. The van der Waals surface area contributed by atoms with Crippen LogP contribution in [0.15, 0.2) is 42.7 Å². The van der Waals surface area contributed by atoms with Gasteiger partial charge in [-0.3, -0.25) is 9.88 Å². The number of nitrogens with zero attached hydrogens (tertiary/aromatic N) is 2. The lowest BCUT2D eigenvalue weighted by atomic mass is 9.80. The molecule has 2 N–H and O–H groups in total. The molecule has 0 radical (unpaired) electrons. The van der Waals surface area contributed by atoms with Crippen LogP contribution in [0.1, 0.15) is 55.0 Å². The Hall–Kier alpha value is -1.88. The maximum atomic E-state index is 11.2. The molecule has 0 amide bonds. The quantitative estimate of drug-likeness (QED) is 0.688. The van der Waals surface area contributed by atoms with Gasteiger partial charge in [-0.15, -0.1) is 0 Å². The highest BCUT2D eigenvalue weighted by molar-refractivity contribution is 6.31. The molecule has 0 aliphatic carbocycles. The van der Waals surface area contributed by atoms with Gasteiger partial charge in [0.1, 0.15) is 0 Å². The molecule has 2 aliphatic rings. The molecule has 5 heteroatoms. The molecule has 3 aromatic rings. The van der Waals surface area contributed by atoms with E-state index in [4.69, 9.17) is 11.6 Å². The first kappa shape index (κ1) is 17.2. The van der Waals surface area contributed by atoms with Crippen LogP contribution in [-0.2, 0) is 5.60 Å². The number of hydrogen-bond donors (Lipinski definition) is 2. The number of aliphatic hydroxyl groups is 1. The van der Waals surface area contributed by atoms with Crippen LogP contribution in [0.25, 0.3) is 10.9 Å². The lowest BCUT2D eigenvalue weighted by Gasteiger charge is -2.38. The summed E-state index contributed by atoms with van der Waals surface area (Å²) in [4.78, 5) is 10.4. The van der Waals surface area contributed by atoms with E-state index < -0.39 is 5.60 Å². The van der Waals surface area contributed by atoms with E-state index in [1.165, 1.54) is 29.5 Å². The van der Waals surface area contributed by atoms with E-state index in [0.29, 0.717) is 12.5 Å². The molecule has 0 spiro atoms. The summed E-state index contributed by atoms with van der Waals surface area (Å²) in [6.07, 6.45) is 6.60. The van der Waals surface area contributed by atoms with E-state index in [0.717, 1.165) is 29.2 Å². The van der Waals surface area contributed by atoms with E-state index in [-0.39, 0.29) is 5.92 Å². The van der Waals surface area contributed by atoms with Crippen LogP contribution in [0, 0.1) is 0 Å². The van der Waals surface area contributed by atoms with E-state index in [1.807, 2.05) is 25.1 Å². The maximum Gasteiger partial charge on any atom is 0.0890 e. The molecular weight excluding hydrogens is 358 g/mol. The fraction of sp³-hybridized carbons (Fsp3) is 0.409. The zero-order valence-electron chi connectivity index (χ0n) is 15.5. The predicted molar refractivity (Wildman–Crippen MR) is 108 cm³/mol. The minimum Gasteiger partial charge on any atom is -0.385 e. The second kappa shape index (κ2) is 6.33. The van der Waals surface area contributed by atoms with E-state index in [9.17, 15) is 5.11 Å². The molecule has 1 aromatic carbocycles. The van der Waals surface area contributed by atoms with Gasteiger partial charge < -0.3 is 10.1 Å². The Morgan fingerprint density at radius 1 is 1.37 bits per heavy atom. The summed E-state index contributed by atoms with van der Waals surface area (Å²) < 4.78 is 0. The Kier molecular flexibility index (Phi) is 4.04. The third-order valence-corrected chi connectivity index (χ3v) is 6.55.